The third-order valence-electron chi connectivity index (χ3n) is 10.6. The number of nitrogens with zero attached hydrogens (tertiary/aromatic N) is 3. The number of ketones is 1. The fourth-order valence-corrected chi connectivity index (χ4v) is 7.90. The molecule has 0 unspecified atom stereocenters. The van der Waals surface area contributed by atoms with Crippen LogP contribution in [0.1, 0.15) is 169 Å². The monoisotopic (exact) mass is 679 g/mol. The summed E-state index contributed by atoms with van der Waals surface area (Å²) < 4.78 is 5.39. The number of aldehydes is 1. The second-order valence-electron chi connectivity index (χ2n) is 13.7. The van der Waals surface area contributed by atoms with Gasteiger partial charge in [-0.1, -0.05) is 34.6 Å². The van der Waals surface area contributed by atoms with Crippen molar-refractivity contribution in [3.63, 3.8) is 0 Å². The lowest BCUT2D eigenvalue weighted by atomic mass is 9.84. The molecule has 50 heavy (non-hydrogen) atoms. The molecule has 262 valence electrons. The Hall–Kier alpha value is -4.93. The number of esters is 1. The highest BCUT2D eigenvalue weighted by atomic mass is 16.5. The molecule has 11 heteroatoms. The normalized spacial score (nSPS) is 20.7. The number of carbonyl (C=O) groups is 5. The summed E-state index contributed by atoms with van der Waals surface area (Å²) in [4.78, 5) is 85.2. The summed E-state index contributed by atoms with van der Waals surface area (Å²) in [7, 11) is 0. The van der Waals surface area contributed by atoms with E-state index >= 15 is 0 Å². The van der Waals surface area contributed by atoms with Gasteiger partial charge in [0.05, 0.1) is 51.4 Å². The molecule has 0 radical (unpaired) electrons. The SMILES string of the molecule is CCCOC(=O)CC[C@@H]1c2nc(cc3nc(cc4[nH]c(cc5[nH]c6c2C(=O)N(CCC)C(=O)c6c5C=O)[C@H](CC)[C@H]4C)C(C(C)=O)=C3C)[C@H]1C. The first-order chi connectivity index (χ1) is 23.9. The Kier molecular flexibility index (Phi) is 9.61. The number of allylic oxidation sites excluding steroid dienone is 2. The van der Waals surface area contributed by atoms with Gasteiger partial charge >= 0.3 is 5.97 Å². The first kappa shape index (κ1) is 34.9. The number of hydrogen-bond donors (Lipinski definition) is 2. The van der Waals surface area contributed by atoms with Crippen LogP contribution >= 0.6 is 0 Å². The Morgan fingerprint density at radius 3 is 2.32 bits per heavy atom. The molecular weight excluding hydrogens is 634 g/mol. The van der Waals surface area contributed by atoms with Gasteiger partial charge in [0, 0.05) is 59.3 Å². The Labute approximate surface area is 291 Å². The molecule has 0 fully saturated rings. The van der Waals surface area contributed by atoms with Gasteiger partial charge in [0.15, 0.2) is 12.1 Å². The highest BCUT2D eigenvalue weighted by Gasteiger charge is 2.41. The lowest BCUT2D eigenvalue weighted by Gasteiger charge is -2.26. The first-order valence-corrected chi connectivity index (χ1v) is 17.7. The van der Waals surface area contributed by atoms with Crippen molar-refractivity contribution < 1.29 is 28.7 Å². The van der Waals surface area contributed by atoms with E-state index in [-0.39, 0.29) is 64.7 Å². The molecule has 4 aliphatic heterocycles. The summed E-state index contributed by atoms with van der Waals surface area (Å²) in [6.07, 6.45) is 3.13. The second kappa shape index (κ2) is 13.8. The Morgan fingerprint density at radius 2 is 1.66 bits per heavy atom. The van der Waals surface area contributed by atoms with Crippen LogP contribution < -0.4 is 0 Å². The predicted molar refractivity (Wildman–Crippen MR) is 190 cm³/mol. The van der Waals surface area contributed by atoms with E-state index in [9.17, 15) is 24.0 Å². The number of amides is 2. The van der Waals surface area contributed by atoms with Gasteiger partial charge in [0.25, 0.3) is 11.8 Å². The Morgan fingerprint density at radius 1 is 0.920 bits per heavy atom. The average Bonchev–Trinajstić information content (AvgIpc) is 3.78. The predicted octanol–water partition coefficient (Wildman–Crippen LogP) is 7.29. The van der Waals surface area contributed by atoms with Crippen molar-refractivity contribution in [1.29, 1.82) is 0 Å². The van der Waals surface area contributed by atoms with Crippen molar-refractivity contribution in [3.8, 4) is 0 Å². The standard InChI is InChI=1S/C39H45N5O6/c1-8-13-44-38(48)34-25(18-45)30-17-29-23(10-3)19(4)26(40-29)16-31-33(22(7)46)21(6)28(41-31)15-27-20(5)24(11-12-32(47)50-14-9-2)36(42-27)35(39(44)49)37(34)43-30/h15-20,23-24,40,43H,8-14H2,1-7H3/t19-,20+,23-,24+/m1/s1. The molecule has 4 aliphatic rings. The van der Waals surface area contributed by atoms with E-state index in [0.717, 1.165) is 23.4 Å². The molecule has 6 rings (SSSR count). The Balaban J connectivity index is 1.75. The largest absolute Gasteiger partial charge is 0.466 e. The number of aromatic amines is 2. The Bertz CT molecular complexity index is 2040. The van der Waals surface area contributed by atoms with Crippen molar-refractivity contribution in [2.45, 2.75) is 104 Å². The topological polar surface area (TPSA) is 155 Å². The number of fused-ring (bicyclic) bond motifs is 8. The van der Waals surface area contributed by atoms with E-state index in [1.54, 1.807) is 0 Å². The minimum atomic E-state index is -0.528. The summed E-state index contributed by atoms with van der Waals surface area (Å²) in [6.45, 7) is 13.9. The van der Waals surface area contributed by atoms with Crippen molar-refractivity contribution in [2.75, 3.05) is 13.2 Å². The molecule has 0 aliphatic carbocycles. The number of imide groups is 1. The van der Waals surface area contributed by atoms with Crippen molar-refractivity contribution >= 4 is 52.0 Å². The lowest BCUT2D eigenvalue weighted by Crippen LogP contribution is -2.41. The number of H-pyrrole nitrogens is 2. The smallest absolute Gasteiger partial charge is 0.305 e. The zero-order valence-corrected chi connectivity index (χ0v) is 29.9. The molecule has 6 heterocycles. The van der Waals surface area contributed by atoms with Crippen LogP contribution in [0, 0.1) is 0 Å². The van der Waals surface area contributed by atoms with Crippen LogP contribution in [0.5, 0.6) is 0 Å². The van der Waals surface area contributed by atoms with E-state index in [4.69, 9.17) is 14.7 Å². The fourth-order valence-electron chi connectivity index (χ4n) is 7.90. The maximum atomic E-state index is 14.4. The van der Waals surface area contributed by atoms with Gasteiger partial charge in [-0.2, -0.15) is 0 Å². The molecule has 0 saturated heterocycles. The van der Waals surface area contributed by atoms with Crippen molar-refractivity contribution in [1.82, 2.24) is 24.8 Å². The van der Waals surface area contributed by atoms with Crippen LogP contribution in [0.15, 0.2) is 18.2 Å². The third kappa shape index (κ3) is 5.76. The molecule has 2 aromatic heterocycles. The lowest BCUT2D eigenvalue weighted by molar-refractivity contribution is -0.143. The van der Waals surface area contributed by atoms with Crippen LogP contribution in [0.3, 0.4) is 0 Å². The summed E-state index contributed by atoms with van der Waals surface area (Å²) in [6, 6.07) is 5.65. The molecule has 8 bridgehead atoms. The van der Waals surface area contributed by atoms with Gasteiger partial charge < -0.3 is 14.7 Å². The van der Waals surface area contributed by atoms with E-state index < -0.39 is 17.7 Å². The number of aromatic nitrogens is 4. The van der Waals surface area contributed by atoms with Gasteiger partial charge in [0.2, 0.25) is 0 Å². The van der Waals surface area contributed by atoms with Crippen molar-refractivity contribution in [3.05, 3.63) is 69.1 Å². The van der Waals surface area contributed by atoms with Crippen molar-refractivity contribution in [2.24, 2.45) is 0 Å². The second-order valence-corrected chi connectivity index (χ2v) is 13.7. The van der Waals surface area contributed by atoms with Crippen LogP contribution in [0.25, 0.3) is 22.2 Å². The quantitative estimate of drug-likeness (QED) is 0.151. The number of Topliss-reactive ketones (excluding diaryl/α,β-unsaturated/α-hetero) is 1. The van der Waals surface area contributed by atoms with E-state index in [1.165, 1.54) is 11.8 Å². The molecular formula is C39H45N5O6. The fraction of sp³-hybridized carbons (Fsp3) is 0.462. The number of rotatable bonds is 10. The zero-order chi connectivity index (χ0) is 36.0. The molecule has 2 amide bonds. The van der Waals surface area contributed by atoms with Crippen LogP contribution in [0.2, 0.25) is 0 Å². The highest BCUT2D eigenvalue weighted by Crippen LogP contribution is 2.45. The third-order valence-corrected chi connectivity index (χ3v) is 10.6. The van der Waals surface area contributed by atoms with E-state index in [1.807, 2.05) is 45.9 Å². The summed E-state index contributed by atoms with van der Waals surface area (Å²) >= 11 is 0. The maximum Gasteiger partial charge on any atom is 0.305 e. The molecule has 11 nitrogen and oxygen atoms in total. The number of hydrogen-bond acceptors (Lipinski definition) is 8. The minimum Gasteiger partial charge on any atom is -0.466 e. The summed E-state index contributed by atoms with van der Waals surface area (Å²) in [5.41, 5.74) is 6.44. The molecule has 4 atom stereocenters. The molecule has 2 N–H and O–H groups in total. The molecule has 0 spiro atoms. The van der Waals surface area contributed by atoms with Gasteiger partial charge in [-0.25, -0.2) is 4.98 Å². The first-order valence-electron chi connectivity index (χ1n) is 17.7. The summed E-state index contributed by atoms with van der Waals surface area (Å²) in [5.74, 6) is -2.03. The van der Waals surface area contributed by atoms with Crippen LogP contribution in [-0.4, -0.2) is 67.8 Å². The van der Waals surface area contributed by atoms with Gasteiger partial charge in [0.1, 0.15) is 0 Å². The zero-order valence-electron chi connectivity index (χ0n) is 29.9. The summed E-state index contributed by atoms with van der Waals surface area (Å²) in [5, 5.41) is 0. The molecule has 0 saturated carbocycles. The van der Waals surface area contributed by atoms with Gasteiger partial charge in [-0.3, -0.25) is 33.9 Å². The molecule has 2 aromatic rings. The number of nitrogens with one attached hydrogen (secondary N) is 2. The maximum absolute atomic E-state index is 14.4. The molecule has 0 aromatic carbocycles. The van der Waals surface area contributed by atoms with Crippen LogP contribution in [-0.2, 0) is 14.3 Å². The van der Waals surface area contributed by atoms with Crippen LogP contribution in [0.4, 0.5) is 0 Å². The van der Waals surface area contributed by atoms with Gasteiger partial charge in [-0.15, -0.1) is 0 Å². The number of ether oxygens (including phenoxy) is 1. The number of carbonyl (C=O) groups excluding carboxylic acids is 5. The average molecular weight is 680 g/mol. The highest BCUT2D eigenvalue weighted by molar-refractivity contribution is 6.27. The van der Waals surface area contributed by atoms with Gasteiger partial charge in [-0.05, 0) is 63.3 Å². The minimum absolute atomic E-state index is 0.0431. The van der Waals surface area contributed by atoms with E-state index in [0.29, 0.717) is 66.0 Å². The van der Waals surface area contributed by atoms with E-state index in [2.05, 4.69) is 23.8 Å².